The highest BCUT2D eigenvalue weighted by atomic mass is 16.5. The van der Waals surface area contributed by atoms with Crippen LogP contribution in [0.4, 0.5) is 0 Å². The number of hydrogen-bond acceptors (Lipinski definition) is 5. The van der Waals surface area contributed by atoms with E-state index < -0.39 is 0 Å². The molecule has 18 heavy (non-hydrogen) atoms. The zero-order chi connectivity index (χ0) is 12.4. The van der Waals surface area contributed by atoms with E-state index in [1.807, 2.05) is 30.3 Å². The van der Waals surface area contributed by atoms with Crippen LogP contribution >= 0.6 is 0 Å². The fourth-order valence-corrected chi connectivity index (χ4v) is 2.22. The predicted molar refractivity (Wildman–Crippen MR) is 67.6 cm³/mol. The summed E-state index contributed by atoms with van der Waals surface area (Å²) in [6.07, 6.45) is 1.05. The molecule has 0 radical (unpaired) electrons. The molecule has 1 aliphatic heterocycles. The smallest absolute Gasteiger partial charge is 0.257 e. The van der Waals surface area contributed by atoms with E-state index in [1.165, 1.54) is 0 Å². The van der Waals surface area contributed by atoms with Crippen molar-refractivity contribution in [2.75, 3.05) is 13.1 Å². The Balaban J connectivity index is 1.70. The van der Waals surface area contributed by atoms with Crippen LogP contribution in [0.2, 0.25) is 0 Å². The molecule has 2 N–H and O–H groups in total. The van der Waals surface area contributed by atoms with Crippen molar-refractivity contribution in [3.05, 3.63) is 36.2 Å². The van der Waals surface area contributed by atoms with Crippen molar-refractivity contribution < 1.29 is 4.52 Å². The Bertz CT molecular complexity index is 511. The monoisotopic (exact) mass is 244 g/mol. The van der Waals surface area contributed by atoms with Gasteiger partial charge < -0.3 is 10.3 Å². The molecule has 5 nitrogen and oxygen atoms in total. The van der Waals surface area contributed by atoms with Gasteiger partial charge in [-0.05, 0) is 18.6 Å². The molecule has 0 aliphatic carbocycles. The zero-order valence-electron chi connectivity index (χ0n) is 10.1. The van der Waals surface area contributed by atoms with Crippen LogP contribution in [0.3, 0.4) is 0 Å². The Kier molecular flexibility index (Phi) is 3.08. The van der Waals surface area contributed by atoms with Crippen LogP contribution in [-0.4, -0.2) is 34.2 Å². The van der Waals surface area contributed by atoms with E-state index >= 15 is 0 Å². The second-order valence-electron chi connectivity index (χ2n) is 4.67. The third kappa shape index (κ3) is 2.42. The van der Waals surface area contributed by atoms with E-state index in [4.69, 9.17) is 10.3 Å². The summed E-state index contributed by atoms with van der Waals surface area (Å²) < 4.78 is 5.27. The molecule has 1 saturated heterocycles. The maximum atomic E-state index is 5.87. The van der Waals surface area contributed by atoms with Gasteiger partial charge in [0.15, 0.2) is 5.82 Å². The van der Waals surface area contributed by atoms with Crippen molar-refractivity contribution >= 4 is 0 Å². The second kappa shape index (κ2) is 4.88. The molecule has 3 rings (SSSR count). The first kappa shape index (κ1) is 11.4. The number of rotatable bonds is 3. The summed E-state index contributed by atoms with van der Waals surface area (Å²) in [6.45, 7) is 2.63. The topological polar surface area (TPSA) is 68.2 Å². The number of nitrogens with zero attached hydrogens (tertiary/aromatic N) is 3. The highest BCUT2D eigenvalue weighted by molar-refractivity contribution is 5.51. The van der Waals surface area contributed by atoms with Gasteiger partial charge >= 0.3 is 0 Å². The van der Waals surface area contributed by atoms with Gasteiger partial charge in [-0.1, -0.05) is 23.4 Å². The van der Waals surface area contributed by atoms with E-state index in [2.05, 4.69) is 15.0 Å². The molecule has 94 valence electrons. The lowest BCUT2D eigenvalue weighted by molar-refractivity contribution is 0.309. The zero-order valence-corrected chi connectivity index (χ0v) is 10.1. The van der Waals surface area contributed by atoms with Gasteiger partial charge in [0.05, 0.1) is 6.54 Å². The predicted octanol–water partition coefficient (Wildman–Crippen LogP) is 1.27. The molecule has 2 heterocycles. The van der Waals surface area contributed by atoms with E-state index in [-0.39, 0.29) is 6.04 Å². The lowest BCUT2D eigenvalue weighted by Crippen LogP contribution is -2.26. The molecule has 0 saturated carbocycles. The lowest BCUT2D eigenvalue weighted by Gasteiger charge is -2.11. The van der Waals surface area contributed by atoms with Gasteiger partial charge in [0.25, 0.3) is 5.89 Å². The quantitative estimate of drug-likeness (QED) is 0.880. The SMILES string of the molecule is NC1CCN(Cc2noc(-c3ccccc3)n2)C1. The third-order valence-electron chi connectivity index (χ3n) is 3.16. The first-order valence-electron chi connectivity index (χ1n) is 6.17. The molecular formula is C13H16N4O. The van der Waals surface area contributed by atoms with Crippen molar-refractivity contribution in [1.29, 1.82) is 0 Å². The number of aromatic nitrogens is 2. The van der Waals surface area contributed by atoms with E-state index in [0.29, 0.717) is 12.4 Å². The summed E-state index contributed by atoms with van der Waals surface area (Å²) in [5.41, 5.74) is 6.82. The normalized spacial score (nSPS) is 20.4. The van der Waals surface area contributed by atoms with Crippen LogP contribution in [0, 0.1) is 0 Å². The highest BCUT2D eigenvalue weighted by Crippen LogP contribution is 2.17. The summed E-state index contributed by atoms with van der Waals surface area (Å²) in [4.78, 5) is 6.66. The van der Waals surface area contributed by atoms with Crippen LogP contribution < -0.4 is 5.73 Å². The molecule has 0 spiro atoms. The third-order valence-corrected chi connectivity index (χ3v) is 3.16. The number of hydrogen-bond donors (Lipinski definition) is 1. The minimum atomic E-state index is 0.283. The van der Waals surface area contributed by atoms with Crippen LogP contribution in [0.5, 0.6) is 0 Å². The molecule has 5 heteroatoms. The summed E-state index contributed by atoms with van der Waals surface area (Å²) >= 11 is 0. The van der Waals surface area contributed by atoms with Gasteiger partial charge in [0, 0.05) is 24.7 Å². The van der Waals surface area contributed by atoms with Gasteiger partial charge in [0.2, 0.25) is 0 Å². The molecule has 1 fully saturated rings. The van der Waals surface area contributed by atoms with E-state index in [0.717, 1.165) is 30.9 Å². The molecule has 1 aromatic carbocycles. The van der Waals surface area contributed by atoms with Crippen molar-refractivity contribution in [3.63, 3.8) is 0 Å². The maximum Gasteiger partial charge on any atom is 0.257 e. The average molecular weight is 244 g/mol. The van der Waals surface area contributed by atoms with Gasteiger partial charge in [-0.3, -0.25) is 4.90 Å². The Labute approximate surface area is 106 Å². The van der Waals surface area contributed by atoms with Gasteiger partial charge in [-0.2, -0.15) is 4.98 Å². The summed E-state index contributed by atoms with van der Waals surface area (Å²) in [6, 6.07) is 10.1. The van der Waals surface area contributed by atoms with Gasteiger partial charge in [-0.25, -0.2) is 0 Å². The molecule has 1 aliphatic rings. The fourth-order valence-electron chi connectivity index (χ4n) is 2.22. The number of nitrogens with two attached hydrogens (primary N) is 1. The number of likely N-dealkylation sites (tertiary alicyclic amines) is 1. The van der Waals surface area contributed by atoms with Crippen LogP contribution in [0.1, 0.15) is 12.2 Å². The average Bonchev–Trinajstić information content (AvgIpc) is 3.01. The van der Waals surface area contributed by atoms with Crippen molar-refractivity contribution in [2.24, 2.45) is 5.73 Å². The van der Waals surface area contributed by atoms with Crippen molar-refractivity contribution in [1.82, 2.24) is 15.0 Å². The van der Waals surface area contributed by atoms with Crippen LogP contribution in [0.15, 0.2) is 34.9 Å². The maximum absolute atomic E-state index is 5.87. The molecule has 2 aromatic rings. The summed E-state index contributed by atoms with van der Waals surface area (Å²) in [7, 11) is 0. The molecule has 1 aromatic heterocycles. The summed E-state index contributed by atoms with van der Waals surface area (Å²) in [5, 5.41) is 4.01. The Morgan fingerprint density at radius 3 is 2.89 bits per heavy atom. The van der Waals surface area contributed by atoms with E-state index in [1.54, 1.807) is 0 Å². The largest absolute Gasteiger partial charge is 0.334 e. The summed E-state index contributed by atoms with van der Waals surface area (Å²) in [5.74, 6) is 1.30. The number of benzene rings is 1. The first-order valence-corrected chi connectivity index (χ1v) is 6.17. The fraction of sp³-hybridized carbons (Fsp3) is 0.385. The first-order chi connectivity index (χ1) is 8.81. The van der Waals surface area contributed by atoms with Crippen LogP contribution in [0.25, 0.3) is 11.5 Å². The van der Waals surface area contributed by atoms with Gasteiger partial charge in [-0.15, -0.1) is 0 Å². The van der Waals surface area contributed by atoms with Crippen LogP contribution in [-0.2, 0) is 6.54 Å². The standard InChI is InChI=1S/C13H16N4O/c14-11-6-7-17(8-11)9-12-15-13(18-16-12)10-4-2-1-3-5-10/h1-5,11H,6-9,14H2. The second-order valence-corrected chi connectivity index (χ2v) is 4.67. The molecule has 1 unspecified atom stereocenters. The minimum Gasteiger partial charge on any atom is -0.334 e. The van der Waals surface area contributed by atoms with E-state index in [9.17, 15) is 0 Å². The highest BCUT2D eigenvalue weighted by Gasteiger charge is 2.20. The lowest BCUT2D eigenvalue weighted by atomic mass is 10.2. The molecule has 0 amide bonds. The van der Waals surface area contributed by atoms with Crippen molar-refractivity contribution in [2.45, 2.75) is 19.0 Å². The Hall–Kier alpha value is -1.72. The Morgan fingerprint density at radius 2 is 2.17 bits per heavy atom. The Morgan fingerprint density at radius 1 is 1.33 bits per heavy atom. The minimum absolute atomic E-state index is 0.283. The van der Waals surface area contributed by atoms with Gasteiger partial charge in [0.1, 0.15) is 0 Å². The molecular weight excluding hydrogens is 228 g/mol. The molecule has 0 bridgehead atoms. The molecule has 1 atom stereocenters. The van der Waals surface area contributed by atoms with Crippen molar-refractivity contribution in [3.8, 4) is 11.5 Å².